The molecular formula is C13H13BrO2S. The van der Waals surface area contributed by atoms with Gasteiger partial charge in [0.2, 0.25) is 0 Å². The van der Waals surface area contributed by atoms with Gasteiger partial charge in [0.1, 0.15) is 12.4 Å². The molecule has 0 saturated carbocycles. The average Bonchev–Trinajstić information content (AvgIpc) is 2.81. The highest BCUT2D eigenvalue weighted by molar-refractivity contribution is 9.10. The number of aliphatic hydroxyl groups is 1. The molecule has 1 heterocycles. The highest BCUT2D eigenvalue weighted by Gasteiger charge is 2.07. The van der Waals surface area contributed by atoms with E-state index in [2.05, 4.69) is 15.9 Å². The number of benzene rings is 1. The zero-order valence-electron chi connectivity index (χ0n) is 9.17. The van der Waals surface area contributed by atoms with Crippen LogP contribution in [-0.4, -0.2) is 17.8 Å². The first-order valence-electron chi connectivity index (χ1n) is 5.33. The largest absolute Gasteiger partial charge is 0.491 e. The summed E-state index contributed by atoms with van der Waals surface area (Å²) >= 11 is 5.01. The van der Waals surface area contributed by atoms with Gasteiger partial charge in [0.05, 0.1) is 6.10 Å². The number of hydrogen-bond donors (Lipinski definition) is 1. The molecule has 0 aliphatic heterocycles. The van der Waals surface area contributed by atoms with Crippen molar-refractivity contribution in [3.8, 4) is 5.75 Å². The normalized spacial score (nSPS) is 12.4. The van der Waals surface area contributed by atoms with Gasteiger partial charge >= 0.3 is 0 Å². The molecule has 1 unspecified atom stereocenters. The maximum Gasteiger partial charge on any atom is 0.119 e. The molecule has 2 rings (SSSR count). The number of halogens is 1. The van der Waals surface area contributed by atoms with Crippen LogP contribution in [0.5, 0.6) is 5.75 Å². The third kappa shape index (κ3) is 4.15. The monoisotopic (exact) mass is 312 g/mol. The van der Waals surface area contributed by atoms with Crippen molar-refractivity contribution in [1.29, 1.82) is 0 Å². The molecule has 0 fully saturated rings. The average molecular weight is 313 g/mol. The zero-order valence-corrected chi connectivity index (χ0v) is 11.6. The lowest BCUT2D eigenvalue weighted by Crippen LogP contribution is -2.19. The van der Waals surface area contributed by atoms with Gasteiger partial charge in [0.15, 0.2) is 0 Å². The molecule has 0 aliphatic rings. The first kappa shape index (κ1) is 12.6. The predicted octanol–water partition coefficient (Wildman–Crippen LogP) is 3.49. The molecule has 0 saturated heterocycles. The highest BCUT2D eigenvalue weighted by Crippen LogP contribution is 2.17. The minimum atomic E-state index is -0.461. The Balaban J connectivity index is 1.79. The van der Waals surface area contributed by atoms with E-state index in [0.717, 1.165) is 10.2 Å². The molecule has 0 aliphatic carbocycles. The summed E-state index contributed by atoms with van der Waals surface area (Å²) in [5.74, 6) is 0.776. The molecule has 17 heavy (non-hydrogen) atoms. The molecule has 1 N–H and O–H groups in total. The molecule has 0 spiro atoms. The molecule has 90 valence electrons. The summed E-state index contributed by atoms with van der Waals surface area (Å²) in [6.07, 6.45) is 0.186. The second-order valence-corrected chi connectivity index (χ2v) is 5.65. The second-order valence-electron chi connectivity index (χ2n) is 3.70. The minimum absolute atomic E-state index is 0.319. The van der Waals surface area contributed by atoms with Crippen molar-refractivity contribution in [3.63, 3.8) is 0 Å². The Morgan fingerprint density at radius 2 is 2.00 bits per heavy atom. The fraction of sp³-hybridized carbons (Fsp3) is 0.231. The van der Waals surface area contributed by atoms with Crippen LogP contribution in [0.4, 0.5) is 0 Å². The van der Waals surface area contributed by atoms with Gasteiger partial charge in [-0.2, -0.15) is 0 Å². The fourth-order valence-electron chi connectivity index (χ4n) is 1.44. The van der Waals surface area contributed by atoms with Crippen molar-refractivity contribution in [1.82, 2.24) is 0 Å². The number of ether oxygens (including phenoxy) is 1. The summed E-state index contributed by atoms with van der Waals surface area (Å²) in [6, 6.07) is 11.6. The van der Waals surface area contributed by atoms with Gasteiger partial charge in [0, 0.05) is 15.8 Å². The van der Waals surface area contributed by atoms with Crippen molar-refractivity contribution in [2.24, 2.45) is 0 Å². The summed E-state index contributed by atoms with van der Waals surface area (Å²) < 4.78 is 6.52. The number of rotatable bonds is 5. The van der Waals surface area contributed by atoms with E-state index < -0.39 is 6.10 Å². The first-order valence-corrected chi connectivity index (χ1v) is 7.00. The summed E-state index contributed by atoms with van der Waals surface area (Å²) in [5, 5.41) is 11.8. The van der Waals surface area contributed by atoms with Crippen molar-refractivity contribution >= 4 is 27.3 Å². The standard InChI is InChI=1S/C13H13BrO2S/c14-10-3-5-12(6-4-10)16-9-11(15)8-13-2-1-7-17-13/h1-7,11,15H,8-9H2. The molecule has 4 heteroatoms. The molecule has 0 radical (unpaired) electrons. The van der Waals surface area contributed by atoms with E-state index in [1.165, 1.54) is 4.88 Å². The third-order valence-electron chi connectivity index (χ3n) is 2.27. The van der Waals surface area contributed by atoms with Crippen LogP contribution in [0.3, 0.4) is 0 Å². The lowest BCUT2D eigenvalue weighted by atomic mass is 10.2. The van der Waals surface area contributed by atoms with Crippen molar-refractivity contribution in [2.45, 2.75) is 12.5 Å². The molecule has 2 aromatic rings. The number of hydrogen-bond acceptors (Lipinski definition) is 3. The highest BCUT2D eigenvalue weighted by atomic mass is 79.9. The van der Waals surface area contributed by atoms with Crippen LogP contribution in [0, 0.1) is 0 Å². The van der Waals surface area contributed by atoms with E-state index in [1.54, 1.807) is 11.3 Å². The van der Waals surface area contributed by atoms with E-state index in [4.69, 9.17) is 4.74 Å². The molecule has 1 atom stereocenters. The van der Waals surface area contributed by atoms with E-state index in [9.17, 15) is 5.11 Å². The number of aliphatic hydroxyl groups excluding tert-OH is 1. The predicted molar refractivity (Wildman–Crippen MR) is 73.7 cm³/mol. The van der Waals surface area contributed by atoms with Crippen molar-refractivity contribution < 1.29 is 9.84 Å². The minimum Gasteiger partial charge on any atom is -0.491 e. The Kier molecular flexibility index (Phi) is 4.59. The zero-order chi connectivity index (χ0) is 12.1. The third-order valence-corrected chi connectivity index (χ3v) is 3.70. The maximum absolute atomic E-state index is 9.81. The summed E-state index contributed by atoms with van der Waals surface area (Å²) in [4.78, 5) is 1.18. The van der Waals surface area contributed by atoms with Gasteiger partial charge in [-0.05, 0) is 35.7 Å². The SMILES string of the molecule is OC(COc1ccc(Br)cc1)Cc1cccs1. The summed E-state index contributed by atoms with van der Waals surface area (Å²) in [5.41, 5.74) is 0. The lowest BCUT2D eigenvalue weighted by Gasteiger charge is -2.11. The molecule has 0 bridgehead atoms. The van der Waals surface area contributed by atoms with E-state index in [1.807, 2.05) is 41.8 Å². The summed E-state index contributed by atoms with van der Waals surface area (Å²) in [6.45, 7) is 0.319. The molecule has 0 amide bonds. The Morgan fingerprint density at radius 3 is 2.65 bits per heavy atom. The van der Waals surface area contributed by atoms with Gasteiger partial charge in [-0.15, -0.1) is 11.3 Å². The Labute approximate surface area is 113 Å². The first-order chi connectivity index (χ1) is 8.24. The molecule has 2 nitrogen and oxygen atoms in total. The van der Waals surface area contributed by atoms with Crippen LogP contribution < -0.4 is 4.74 Å². The van der Waals surface area contributed by atoms with Crippen LogP contribution in [-0.2, 0) is 6.42 Å². The number of thiophene rings is 1. The van der Waals surface area contributed by atoms with Crippen LogP contribution in [0.25, 0.3) is 0 Å². The molecular weight excluding hydrogens is 300 g/mol. The van der Waals surface area contributed by atoms with Gasteiger partial charge in [-0.1, -0.05) is 22.0 Å². The van der Waals surface area contributed by atoms with Crippen LogP contribution in [0.15, 0.2) is 46.3 Å². The van der Waals surface area contributed by atoms with Gasteiger partial charge in [-0.3, -0.25) is 0 Å². The van der Waals surface area contributed by atoms with E-state index >= 15 is 0 Å². The van der Waals surface area contributed by atoms with Crippen molar-refractivity contribution in [3.05, 3.63) is 51.1 Å². The fourth-order valence-corrected chi connectivity index (χ4v) is 2.49. The second kappa shape index (κ2) is 6.19. The van der Waals surface area contributed by atoms with Crippen LogP contribution in [0.1, 0.15) is 4.88 Å². The maximum atomic E-state index is 9.81. The van der Waals surface area contributed by atoms with Gasteiger partial charge < -0.3 is 9.84 Å². The smallest absolute Gasteiger partial charge is 0.119 e. The summed E-state index contributed by atoms with van der Waals surface area (Å²) in [7, 11) is 0. The van der Waals surface area contributed by atoms with Crippen LogP contribution >= 0.6 is 27.3 Å². The van der Waals surface area contributed by atoms with Gasteiger partial charge in [-0.25, -0.2) is 0 Å². The Bertz CT molecular complexity index is 439. The van der Waals surface area contributed by atoms with Gasteiger partial charge in [0.25, 0.3) is 0 Å². The van der Waals surface area contributed by atoms with E-state index in [0.29, 0.717) is 13.0 Å². The molecule has 1 aromatic heterocycles. The van der Waals surface area contributed by atoms with Crippen molar-refractivity contribution in [2.75, 3.05) is 6.61 Å². The van der Waals surface area contributed by atoms with E-state index in [-0.39, 0.29) is 0 Å². The lowest BCUT2D eigenvalue weighted by molar-refractivity contribution is 0.108. The Hall–Kier alpha value is -0.840. The topological polar surface area (TPSA) is 29.5 Å². The Morgan fingerprint density at radius 1 is 1.24 bits per heavy atom. The molecule has 1 aromatic carbocycles. The quantitative estimate of drug-likeness (QED) is 0.915. The van der Waals surface area contributed by atoms with Crippen LogP contribution in [0.2, 0.25) is 0 Å².